The molecule has 0 aliphatic carbocycles. The lowest BCUT2D eigenvalue weighted by Crippen LogP contribution is -2.30. The summed E-state index contributed by atoms with van der Waals surface area (Å²) in [5, 5.41) is 14.0. The van der Waals surface area contributed by atoms with Crippen LogP contribution in [-0.4, -0.2) is 32.1 Å². The quantitative estimate of drug-likeness (QED) is 0.368. The predicted molar refractivity (Wildman–Crippen MR) is 122 cm³/mol. The molecule has 31 heavy (non-hydrogen) atoms. The number of ether oxygens (including phenoxy) is 1. The van der Waals surface area contributed by atoms with Gasteiger partial charge in [0.25, 0.3) is 5.91 Å². The van der Waals surface area contributed by atoms with Crippen molar-refractivity contribution in [2.75, 3.05) is 24.3 Å². The van der Waals surface area contributed by atoms with Gasteiger partial charge in [-0.3, -0.25) is 4.79 Å². The Hall–Kier alpha value is -4.11. The van der Waals surface area contributed by atoms with Crippen LogP contribution in [0, 0.1) is 11.3 Å². The van der Waals surface area contributed by atoms with E-state index in [1.165, 1.54) is 13.0 Å². The third-order valence-electron chi connectivity index (χ3n) is 4.76. The highest BCUT2D eigenvalue weighted by molar-refractivity contribution is 6.05. The summed E-state index contributed by atoms with van der Waals surface area (Å²) in [5.41, 5.74) is 2.13. The molecule has 3 aromatic rings. The fourth-order valence-electron chi connectivity index (χ4n) is 3.02. The second-order valence-corrected chi connectivity index (χ2v) is 7.22. The van der Waals surface area contributed by atoms with Crippen LogP contribution in [0.5, 0.6) is 0 Å². The normalized spacial score (nSPS) is 12.0. The number of esters is 1. The van der Waals surface area contributed by atoms with Gasteiger partial charge in [-0.2, -0.15) is 5.26 Å². The Morgan fingerprint density at radius 1 is 1.03 bits per heavy atom. The number of hydrogen-bond acceptors (Lipinski definition) is 5. The molecule has 0 aromatic heterocycles. The van der Waals surface area contributed by atoms with Crippen LogP contribution in [0.3, 0.4) is 0 Å². The molecule has 6 nitrogen and oxygen atoms in total. The third kappa shape index (κ3) is 5.28. The van der Waals surface area contributed by atoms with Gasteiger partial charge in [-0.25, -0.2) is 4.79 Å². The fourth-order valence-corrected chi connectivity index (χ4v) is 3.02. The van der Waals surface area contributed by atoms with Gasteiger partial charge in [-0.1, -0.05) is 48.5 Å². The molecular weight excluding hydrogens is 390 g/mol. The second-order valence-electron chi connectivity index (χ2n) is 7.22. The molecule has 0 aliphatic rings. The van der Waals surface area contributed by atoms with Crippen molar-refractivity contribution in [3.8, 4) is 6.07 Å². The minimum absolute atomic E-state index is 0.178. The van der Waals surface area contributed by atoms with Crippen molar-refractivity contribution in [3.63, 3.8) is 0 Å². The molecule has 0 saturated heterocycles. The maximum absolute atomic E-state index is 12.6. The van der Waals surface area contributed by atoms with Crippen LogP contribution >= 0.6 is 0 Å². The first-order valence-electron chi connectivity index (χ1n) is 9.78. The third-order valence-corrected chi connectivity index (χ3v) is 4.76. The zero-order chi connectivity index (χ0) is 22.4. The van der Waals surface area contributed by atoms with Gasteiger partial charge in [0.2, 0.25) is 0 Å². The van der Waals surface area contributed by atoms with E-state index in [1.807, 2.05) is 73.6 Å². The van der Waals surface area contributed by atoms with Crippen LogP contribution in [0.2, 0.25) is 0 Å². The largest absolute Gasteiger partial charge is 0.448 e. The number of anilines is 2. The maximum Gasteiger partial charge on any atom is 0.349 e. The monoisotopic (exact) mass is 413 g/mol. The summed E-state index contributed by atoms with van der Waals surface area (Å²) in [6.45, 7) is 1.47. The smallest absolute Gasteiger partial charge is 0.349 e. The van der Waals surface area contributed by atoms with E-state index < -0.39 is 18.0 Å². The summed E-state index contributed by atoms with van der Waals surface area (Å²) in [7, 11) is 3.85. The van der Waals surface area contributed by atoms with Gasteiger partial charge in [-0.05, 0) is 42.1 Å². The summed E-state index contributed by atoms with van der Waals surface area (Å²) in [6.07, 6.45) is 0.372. The molecule has 0 heterocycles. The topological polar surface area (TPSA) is 82.4 Å². The lowest BCUT2D eigenvalue weighted by molar-refractivity contribution is -0.148. The lowest BCUT2D eigenvalue weighted by Gasteiger charge is -2.14. The van der Waals surface area contributed by atoms with E-state index in [0.717, 1.165) is 16.5 Å². The summed E-state index contributed by atoms with van der Waals surface area (Å²) < 4.78 is 5.23. The Balaban J connectivity index is 1.69. The molecule has 0 saturated carbocycles. The molecule has 0 unspecified atom stereocenters. The van der Waals surface area contributed by atoms with Crippen LogP contribution in [0.15, 0.2) is 72.3 Å². The van der Waals surface area contributed by atoms with Gasteiger partial charge in [0.05, 0.1) is 0 Å². The minimum atomic E-state index is -1.07. The van der Waals surface area contributed by atoms with E-state index in [1.54, 1.807) is 18.2 Å². The highest BCUT2D eigenvalue weighted by Gasteiger charge is 2.21. The molecule has 0 spiro atoms. The van der Waals surface area contributed by atoms with Crippen LogP contribution in [0.4, 0.5) is 11.4 Å². The van der Waals surface area contributed by atoms with E-state index in [2.05, 4.69) is 5.32 Å². The minimum Gasteiger partial charge on any atom is -0.448 e. The number of hydrogen-bond donors (Lipinski definition) is 1. The lowest BCUT2D eigenvalue weighted by atomic mass is 10.1. The van der Waals surface area contributed by atoms with Crippen LogP contribution < -0.4 is 10.2 Å². The number of amides is 1. The SMILES string of the molecule is C[C@H](OC(=O)/C(C#N)=C/c1ccc(N(C)C)cc1)C(=O)Nc1cccc2ccccc12. The van der Waals surface area contributed by atoms with E-state index in [-0.39, 0.29) is 5.57 Å². The Kier molecular flexibility index (Phi) is 6.68. The molecule has 1 amide bonds. The van der Waals surface area contributed by atoms with E-state index >= 15 is 0 Å². The highest BCUT2D eigenvalue weighted by Crippen LogP contribution is 2.23. The highest BCUT2D eigenvalue weighted by atomic mass is 16.5. The zero-order valence-electron chi connectivity index (χ0n) is 17.6. The van der Waals surface area contributed by atoms with Gasteiger partial charge in [0, 0.05) is 30.9 Å². The van der Waals surface area contributed by atoms with Crippen molar-refractivity contribution < 1.29 is 14.3 Å². The van der Waals surface area contributed by atoms with Crippen molar-refractivity contribution in [1.82, 2.24) is 0 Å². The van der Waals surface area contributed by atoms with Crippen molar-refractivity contribution in [1.29, 1.82) is 5.26 Å². The van der Waals surface area contributed by atoms with Gasteiger partial charge in [-0.15, -0.1) is 0 Å². The molecule has 3 aromatic carbocycles. The molecule has 3 rings (SSSR count). The maximum atomic E-state index is 12.6. The van der Waals surface area contributed by atoms with Crippen molar-refractivity contribution in [2.45, 2.75) is 13.0 Å². The Bertz CT molecular complexity index is 1170. The first-order valence-corrected chi connectivity index (χ1v) is 9.78. The Labute approximate surface area is 181 Å². The predicted octanol–water partition coefficient (Wildman–Crippen LogP) is 4.38. The average molecular weight is 413 g/mol. The molecule has 0 radical (unpaired) electrons. The Morgan fingerprint density at radius 2 is 1.71 bits per heavy atom. The molecule has 0 bridgehead atoms. The standard InChI is InChI=1S/C25H23N3O3/c1-17(24(29)27-23-10-6-8-19-7-4-5-9-22(19)23)31-25(30)20(16-26)15-18-11-13-21(14-12-18)28(2)3/h4-15,17H,1-3H3,(H,27,29)/b20-15+/t17-/m0/s1. The first kappa shape index (κ1) is 21.6. The zero-order valence-corrected chi connectivity index (χ0v) is 17.6. The van der Waals surface area contributed by atoms with E-state index in [9.17, 15) is 14.9 Å². The van der Waals surface area contributed by atoms with E-state index in [0.29, 0.717) is 11.3 Å². The number of fused-ring (bicyclic) bond motifs is 1. The van der Waals surface area contributed by atoms with Crippen molar-refractivity contribution >= 4 is 40.1 Å². The van der Waals surface area contributed by atoms with Gasteiger partial charge in [0.15, 0.2) is 6.10 Å². The number of nitrogens with zero attached hydrogens (tertiary/aromatic N) is 2. The van der Waals surface area contributed by atoms with Gasteiger partial charge < -0.3 is 15.0 Å². The van der Waals surface area contributed by atoms with Gasteiger partial charge >= 0.3 is 5.97 Å². The number of benzene rings is 3. The fraction of sp³-hybridized carbons (Fsp3) is 0.160. The average Bonchev–Trinajstić information content (AvgIpc) is 2.77. The van der Waals surface area contributed by atoms with Crippen molar-refractivity contribution in [3.05, 3.63) is 77.9 Å². The van der Waals surface area contributed by atoms with Gasteiger partial charge in [0.1, 0.15) is 11.6 Å². The number of rotatable bonds is 6. The van der Waals surface area contributed by atoms with Crippen LogP contribution in [0.25, 0.3) is 16.8 Å². The Morgan fingerprint density at radius 3 is 2.39 bits per heavy atom. The molecule has 156 valence electrons. The molecule has 1 atom stereocenters. The summed E-state index contributed by atoms with van der Waals surface area (Å²) in [6, 6.07) is 22.4. The molecule has 1 N–H and O–H groups in total. The van der Waals surface area contributed by atoms with Crippen molar-refractivity contribution in [2.24, 2.45) is 0 Å². The number of nitrogens with one attached hydrogen (secondary N) is 1. The second kappa shape index (κ2) is 9.59. The number of carbonyl (C=O) groups is 2. The molecule has 0 aliphatic heterocycles. The van der Waals surface area contributed by atoms with Crippen LogP contribution in [0.1, 0.15) is 12.5 Å². The summed E-state index contributed by atoms with van der Waals surface area (Å²) in [5.74, 6) is -1.32. The number of carbonyl (C=O) groups excluding carboxylic acids is 2. The van der Waals surface area contributed by atoms with E-state index in [4.69, 9.17) is 4.74 Å². The summed E-state index contributed by atoms with van der Waals surface area (Å²) in [4.78, 5) is 26.9. The molecule has 6 heteroatoms. The first-order chi connectivity index (χ1) is 14.9. The number of nitriles is 1. The summed E-state index contributed by atoms with van der Waals surface area (Å²) >= 11 is 0. The van der Waals surface area contributed by atoms with Crippen LogP contribution in [-0.2, 0) is 14.3 Å². The molecular formula is C25H23N3O3. The molecule has 0 fully saturated rings.